The molecule has 1 aliphatic heterocycles. The maximum Gasteiger partial charge on any atom is 0.233 e. The summed E-state index contributed by atoms with van der Waals surface area (Å²) >= 11 is 0. The molecule has 0 aliphatic carbocycles. The van der Waals surface area contributed by atoms with Crippen LogP contribution in [0.3, 0.4) is 0 Å². The van der Waals surface area contributed by atoms with Crippen molar-refractivity contribution in [3.63, 3.8) is 0 Å². The van der Waals surface area contributed by atoms with Gasteiger partial charge in [-0.15, -0.1) is 0 Å². The van der Waals surface area contributed by atoms with Gasteiger partial charge in [-0.25, -0.2) is 23.1 Å². The number of hydrogen-bond acceptors (Lipinski definition) is 6. The van der Waals surface area contributed by atoms with E-state index in [-0.39, 0.29) is 6.54 Å². The molecular formula is C20H27N5O2S. The smallest absolute Gasteiger partial charge is 0.233 e. The Morgan fingerprint density at radius 1 is 1.07 bits per heavy atom. The number of aryl methyl sites for hydroxylation is 1. The van der Waals surface area contributed by atoms with Crippen molar-refractivity contribution in [2.45, 2.75) is 26.2 Å². The largest absolute Gasteiger partial charge is 0.369 e. The van der Waals surface area contributed by atoms with E-state index in [2.05, 4.69) is 24.9 Å². The summed E-state index contributed by atoms with van der Waals surface area (Å²) in [6.07, 6.45) is 5.22. The van der Waals surface area contributed by atoms with Gasteiger partial charge >= 0.3 is 0 Å². The van der Waals surface area contributed by atoms with Crippen molar-refractivity contribution in [3.8, 4) is 0 Å². The van der Waals surface area contributed by atoms with Crippen LogP contribution in [0.25, 0.3) is 6.08 Å². The van der Waals surface area contributed by atoms with E-state index in [1.165, 1.54) is 24.7 Å². The molecule has 7 nitrogen and oxygen atoms in total. The average molecular weight is 402 g/mol. The minimum absolute atomic E-state index is 0.267. The van der Waals surface area contributed by atoms with Crippen LogP contribution in [-0.4, -0.2) is 44.6 Å². The molecule has 1 aromatic heterocycles. The van der Waals surface area contributed by atoms with Crippen LogP contribution >= 0.6 is 0 Å². The van der Waals surface area contributed by atoms with Gasteiger partial charge < -0.3 is 10.2 Å². The Labute approximate surface area is 167 Å². The number of benzene rings is 1. The number of rotatable bonds is 8. The highest BCUT2D eigenvalue weighted by Crippen LogP contribution is 2.20. The monoisotopic (exact) mass is 401 g/mol. The molecule has 2 heterocycles. The number of piperidine rings is 1. The average Bonchev–Trinajstić information content (AvgIpc) is 2.71. The first-order valence-corrected chi connectivity index (χ1v) is 11.1. The van der Waals surface area contributed by atoms with Crippen molar-refractivity contribution in [2.75, 3.05) is 36.4 Å². The third-order valence-corrected chi connectivity index (χ3v) is 5.58. The standard InChI is InChI=1S/C20H27N5O2S/c1-17-23-19(16-20(24-17)25-13-6-3-7-14-25)21-11-12-22-28(26,27)15-10-18-8-4-2-5-9-18/h2,4-5,8-10,15-16,22H,3,6-7,11-14H2,1H3,(H,21,23,24)/b15-10+. The van der Waals surface area contributed by atoms with Crippen LogP contribution in [0.4, 0.5) is 11.6 Å². The molecule has 0 amide bonds. The number of aromatic nitrogens is 2. The van der Waals surface area contributed by atoms with Gasteiger partial charge in [-0.05, 0) is 37.8 Å². The molecule has 1 saturated heterocycles. The molecule has 0 radical (unpaired) electrons. The van der Waals surface area contributed by atoms with Crippen LogP contribution in [0.1, 0.15) is 30.7 Å². The zero-order valence-electron chi connectivity index (χ0n) is 16.1. The van der Waals surface area contributed by atoms with Gasteiger partial charge in [-0.1, -0.05) is 30.3 Å². The van der Waals surface area contributed by atoms with E-state index < -0.39 is 10.0 Å². The maximum atomic E-state index is 12.1. The summed E-state index contributed by atoms with van der Waals surface area (Å²) in [4.78, 5) is 11.2. The summed E-state index contributed by atoms with van der Waals surface area (Å²) in [5.41, 5.74) is 0.840. The van der Waals surface area contributed by atoms with Gasteiger partial charge in [0.15, 0.2) is 0 Å². The molecule has 2 N–H and O–H groups in total. The Bertz CT molecular complexity index is 894. The fourth-order valence-electron chi connectivity index (χ4n) is 3.09. The van der Waals surface area contributed by atoms with Crippen LogP contribution < -0.4 is 14.9 Å². The molecule has 1 aromatic carbocycles. The van der Waals surface area contributed by atoms with E-state index in [0.717, 1.165) is 24.5 Å². The van der Waals surface area contributed by atoms with E-state index in [1.807, 2.05) is 43.3 Å². The number of nitrogens with zero attached hydrogens (tertiary/aromatic N) is 3. The third-order valence-electron chi connectivity index (χ3n) is 4.48. The summed E-state index contributed by atoms with van der Waals surface area (Å²) in [6.45, 7) is 4.61. The van der Waals surface area contributed by atoms with Crippen molar-refractivity contribution in [1.29, 1.82) is 0 Å². The quantitative estimate of drug-likeness (QED) is 0.662. The van der Waals surface area contributed by atoms with Gasteiger partial charge in [0.2, 0.25) is 10.0 Å². The van der Waals surface area contributed by atoms with Gasteiger partial charge in [-0.3, -0.25) is 0 Å². The molecular weight excluding hydrogens is 374 g/mol. The first-order chi connectivity index (χ1) is 13.5. The SMILES string of the molecule is Cc1nc(NCCNS(=O)(=O)/C=C/c2ccccc2)cc(N2CCCCC2)n1. The second-order valence-corrected chi connectivity index (χ2v) is 8.44. The molecule has 0 unspecified atom stereocenters. The molecule has 0 spiro atoms. The van der Waals surface area contributed by atoms with Crippen LogP contribution in [0, 0.1) is 6.92 Å². The minimum atomic E-state index is -3.48. The fourth-order valence-corrected chi connectivity index (χ4v) is 3.91. The highest BCUT2D eigenvalue weighted by atomic mass is 32.2. The summed E-state index contributed by atoms with van der Waals surface area (Å²) in [5.74, 6) is 2.35. The van der Waals surface area contributed by atoms with Crippen molar-refractivity contribution in [1.82, 2.24) is 14.7 Å². The number of anilines is 2. The van der Waals surface area contributed by atoms with Crippen LogP contribution in [0.2, 0.25) is 0 Å². The molecule has 8 heteroatoms. The van der Waals surface area contributed by atoms with Crippen molar-refractivity contribution < 1.29 is 8.42 Å². The van der Waals surface area contributed by atoms with Crippen LogP contribution in [0.15, 0.2) is 41.8 Å². The summed E-state index contributed by atoms with van der Waals surface area (Å²) < 4.78 is 26.7. The number of sulfonamides is 1. The van der Waals surface area contributed by atoms with Gasteiger partial charge in [0.05, 0.1) is 0 Å². The Kier molecular flexibility index (Phi) is 7.00. The highest BCUT2D eigenvalue weighted by molar-refractivity contribution is 7.92. The Balaban J connectivity index is 1.50. The molecule has 2 aromatic rings. The normalized spacial score (nSPS) is 15.1. The Morgan fingerprint density at radius 2 is 1.82 bits per heavy atom. The molecule has 150 valence electrons. The molecule has 1 fully saturated rings. The first-order valence-electron chi connectivity index (χ1n) is 9.59. The highest BCUT2D eigenvalue weighted by Gasteiger charge is 2.13. The summed E-state index contributed by atoms with van der Waals surface area (Å²) in [7, 11) is -3.48. The molecule has 0 saturated carbocycles. The lowest BCUT2D eigenvalue weighted by Crippen LogP contribution is -2.30. The van der Waals surface area contributed by atoms with Crippen molar-refractivity contribution in [2.24, 2.45) is 0 Å². The molecule has 3 rings (SSSR count). The predicted molar refractivity (Wildman–Crippen MR) is 114 cm³/mol. The lowest BCUT2D eigenvalue weighted by molar-refractivity contribution is 0.572. The van der Waals surface area contributed by atoms with Crippen molar-refractivity contribution in [3.05, 3.63) is 53.2 Å². The topological polar surface area (TPSA) is 87.2 Å². The van der Waals surface area contributed by atoms with Gasteiger partial charge in [0.1, 0.15) is 17.5 Å². The molecule has 0 bridgehead atoms. The van der Waals surface area contributed by atoms with Gasteiger partial charge in [0.25, 0.3) is 0 Å². The molecule has 0 atom stereocenters. The summed E-state index contributed by atoms with van der Waals surface area (Å²) in [6, 6.07) is 11.3. The second kappa shape index (κ2) is 9.66. The van der Waals surface area contributed by atoms with E-state index in [9.17, 15) is 8.42 Å². The summed E-state index contributed by atoms with van der Waals surface area (Å²) in [5, 5.41) is 4.37. The molecule has 1 aliphatic rings. The zero-order chi connectivity index (χ0) is 19.8. The second-order valence-electron chi connectivity index (χ2n) is 6.79. The zero-order valence-corrected chi connectivity index (χ0v) is 17.0. The van der Waals surface area contributed by atoms with E-state index in [4.69, 9.17) is 0 Å². The maximum absolute atomic E-state index is 12.1. The van der Waals surface area contributed by atoms with Crippen LogP contribution in [-0.2, 0) is 10.0 Å². The Morgan fingerprint density at radius 3 is 2.57 bits per heavy atom. The molecule has 28 heavy (non-hydrogen) atoms. The lowest BCUT2D eigenvalue weighted by atomic mass is 10.1. The van der Waals surface area contributed by atoms with Crippen LogP contribution in [0.5, 0.6) is 0 Å². The van der Waals surface area contributed by atoms with E-state index >= 15 is 0 Å². The van der Waals surface area contributed by atoms with Crippen molar-refractivity contribution >= 4 is 27.7 Å². The van der Waals surface area contributed by atoms with E-state index in [1.54, 1.807) is 6.08 Å². The van der Waals surface area contributed by atoms with Gasteiger partial charge in [-0.2, -0.15) is 0 Å². The third kappa shape index (κ3) is 6.31. The lowest BCUT2D eigenvalue weighted by Gasteiger charge is -2.28. The first kappa shape index (κ1) is 20.3. The van der Waals surface area contributed by atoms with E-state index in [0.29, 0.717) is 18.2 Å². The number of nitrogens with one attached hydrogen (secondary N) is 2. The minimum Gasteiger partial charge on any atom is -0.369 e. The Hall–Kier alpha value is -2.45. The fraction of sp³-hybridized carbons (Fsp3) is 0.400. The van der Waals surface area contributed by atoms with Gasteiger partial charge in [0, 0.05) is 37.7 Å². The predicted octanol–water partition coefficient (Wildman–Crippen LogP) is 2.78. The number of hydrogen-bond donors (Lipinski definition) is 2.